The zero-order valence-corrected chi connectivity index (χ0v) is 18.7. The van der Waals surface area contributed by atoms with Crippen molar-refractivity contribution >= 4 is 34.3 Å². The third kappa shape index (κ3) is 4.56. The second-order valence-electron chi connectivity index (χ2n) is 7.92. The van der Waals surface area contributed by atoms with Gasteiger partial charge in [-0.3, -0.25) is 4.79 Å². The maximum Gasteiger partial charge on any atom is 0.247 e. The molecule has 0 unspecified atom stereocenters. The van der Waals surface area contributed by atoms with Crippen LogP contribution in [0.5, 0.6) is 0 Å². The number of amides is 1. The topological polar surface area (TPSA) is 83.8 Å². The first-order valence-corrected chi connectivity index (χ1v) is 11.0. The summed E-state index contributed by atoms with van der Waals surface area (Å²) in [7, 11) is 0. The van der Waals surface area contributed by atoms with Crippen molar-refractivity contribution in [3.8, 4) is 11.1 Å². The molecule has 8 nitrogen and oxygen atoms in total. The highest BCUT2D eigenvalue weighted by molar-refractivity contribution is 5.99. The molecule has 5 rings (SSSR count). The second kappa shape index (κ2) is 9.51. The normalized spacial score (nSPS) is 13.6. The molecule has 1 saturated heterocycles. The minimum absolute atomic E-state index is 0.0217. The van der Waals surface area contributed by atoms with Crippen molar-refractivity contribution in [3.05, 3.63) is 79.3 Å². The third-order valence-electron chi connectivity index (χ3n) is 5.72. The van der Waals surface area contributed by atoms with Crippen molar-refractivity contribution < 1.29 is 18.3 Å². The van der Waals surface area contributed by atoms with Gasteiger partial charge in [0.1, 0.15) is 12.1 Å². The molecule has 0 atom stereocenters. The van der Waals surface area contributed by atoms with Crippen LogP contribution in [0.2, 0.25) is 0 Å². The summed E-state index contributed by atoms with van der Waals surface area (Å²) in [6.45, 7) is 5.41. The molecule has 3 heterocycles. The number of hydrogen-bond donors (Lipinski definition) is 2. The van der Waals surface area contributed by atoms with Gasteiger partial charge in [0, 0.05) is 30.4 Å². The fourth-order valence-electron chi connectivity index (χ4n) is 3.96. The molecule has 0 bridgehead atoms. The average Bonchev–Trinajstić information content (AvgIpc) is 3.31. The van der Waals surface area contributed by atoms with Gasteiger partial charge in [-0.2, -0.15) is 5.10 Å². The zero-order valence-electron chi connectivity index (χ0n) is 18.7. The number of nitrogens with one attached hydrogen (secondary N) is 2. The Kier molecular flexibility index (Phi) is 6.11. The Morgan fingerprint density at radius 2 is 1.94 bits per heavy atom. The Hall–Kier alpha value is -4.31. The van der Waals surface area contributed by atoms with Gasteiger partial charge in [-0.15, -0.1) is 0 Å². The van der Waals surface area contributed by atoms with Crippen molar-refractivity contribution in [2.75, 3.05) is 41.8 Å². The van der Waals surface area contributed by atoms with Gasteiger partial charge in [0.25, 0.3) is 0 Å². The number of ether oxygens (including phenoxy) is 1. The van der Waals surface area contributed by atoms with Crippen LogP contribution < -0.4 is 15.5 Å². The molecule has 35 heavy (non-hydrogen) atoms. The van der Waals surface area contributed by atoms with Crippen LogP contribution >= 0.6 is 0 Å². The van der Waals surface area contributed by atoms with Gasteiger partial charge in [-0.1, -0.05) is 18.7 Å². The van der Waals surface area contributed by atoms with Crippen LogP contribution in [-0.2, 0) is 9.53 Å². The monoisotopic (exact) mass is 476 g/mol. The highest BCUT2D eigenvalue weighted by Crippen LogP contribution is 2.31. The number of rotatable bonds is 6. The minimum Gasteiger partial charge on any atom is -0.378 e. The highest BCUT2D eigenvalue weighted by atomic mass is 19.2. The van der Waals surface area contributed by atoms with E-state index in [4.69, 9.17) is 4.74 Å². The maximum absolute atomic E-state index is 14.9. The Balaban J connectivity index is 1.44. The van der Waals surface area contributed by atoms with Gasteiger partial charge in [0.15, 0.2) is 11.6 Å². The first kappa shape index (κ1) is 22.5. The minimum atomic E-state index is -0.977. The van der Waals surface area contributed by atoms with E-state index in [1.807, 2.05) is 18.2 Å². The molecule has 0 saturated carbocycles. The van der Waals surface area contributed by atoms with E-state index in [0.29, 0.717) is 43.3 Å². The van der Waals surface area contributed by atoms with E-state index in [1.54, 1.807) is 33.8 Å². The number of hydrogen-bond acceptors (Lipinski definition) is 6. The molecule has 178 valence electrons. The number of morpholine rings is 1. The fourth-order valence-corrected chi connectivity index (χ4v) is 3.96. The lowest BCUT2D eigenvalue weighted by molar-refractivity contribution is -0.111. The predicted octanol–water partition coefficient (Wildman–Crippen LogP) is 4.38. The van der Waals surface area contributed by atoms with E-state index >= 15 is 0 Å². The molecule has 2 N–H and O–H groups in total. The van der Waals surface area contributed by atoms with Crippen LogP contribution in [0.3, 0.4) is 0 Å². The van der Waals surface area contributed by atoms with Crippen molar-refractivity contribution in [2.45, 2.75) is 0 Å². The smallest absolute Gasteiger partial charge is 0.247 e. The Labute approximate surface area is 199 Å². The lowest BCUT2D eigenvalue weighted by atomic mass is 10.1. The Morgan fingerprint density at radius 1 is 1.11 bits per heavy atom. The number of fused-ring (bicyclic) bond motifs is 1. The molecular formula is C25H22F2N6O2. The molecule has 1 fully saturated rings. The molecule has 0 radical (unpaired) electrons. The summed E-state index contributed by atoms with van der Waals surface area (Å²) in [5.41, 5.74) is 3.08. The van der Waals surface area contributed by atoms with E-state index in [1.165, 1.54) is 18.5 Å². The SMILES string of the molecule is C=CC(=O)Nc1cccc(-c2cnn3cnc(Nc4ccc(N5CCOCC5)c(F)c4F)cc23)c1. The lowest BCUT2D eigenvalue weighted by Crippen LogP contribution is -2.36. The van der Waals surface area contributed by atoms with Crippen LogP contribution in [0, 0.1) is 11.6 Å². The van der Waals surface area contributed by atoms with E-state index in [9.17, 15) is 13.6 Å². The number of anilines is 4. The van der Waals surface area contributed by atoms with Crippen molar-refractivity contribution in [3.63, 3.8) is 0 Å². The summed E-state index contributed by atoms with van der Waals surface area (Å²) in [5, 5.41) is 9.92. The van der Waals surface area contributed by atoms with Gasteiger partial charge in [-0.25, -0.2) is 18.3 Å². The molecule has 1 aliphatic heterocycles. The van der Waals surface area contributed by atoms with Gasteiger partial charge in [0.05, 0.1) is 36.3 Å². The first-order chi connectivity index (χ1) is 17.0. The average molecular weight is 476 g/mol. The maximum atomic E-state index is 14.9. The molecule has 1 aliphatic rings. The van der Waals surface area contributed by atoms with Crippen LogP contribution in [0.25, 0.3) is 16.6 Å². The van der Waals surface area contributed by atoms with E-state index < -0.39 is 11.6 Å². The number of nitrogens with zero attached hydrogens (tertiary/aromatic N) is 4. The first-order valence-electron chi connectivity index (χ1n) is 11.0. The van der Waals surface area contributed by atoms with Gasteiger partial charge < -0.3 is 20.3 Å². The molecule has 1 amide bonds. The summed E-state index contributed by atoms with van der Waals surface area (Å²) in [6.07, 6.45) is 4.36. The molecular weight excluding hydrogens is 454 g/mol. The molecule has 0 spiro atoms. The predicted molar refractivity (Wildman–Crippen MR) is 130 cm³/mol. The summed E-state index contributed by atoms with van der Waals surface area (Å²) >= 11 is 0. The van der Waals surface area contributed by atoms with Crippen LogP contribution in [0.1, 0.15) is 0 Å². The second-order valence-corrected chi connectivity index (χ2v) is 7.92. The van der Waals surface area contributed by atoms with Crippen molar-refractivity contribution in [2.24, 2.45) is 0 Å². The fraction of sp³-hybridized carbons (Fsp3) is 0.160. The summed E-state index contributed by atoms with van der Waals surface area (Å²) in [4.78, 5) is 17.7. The van der Waals surface area contributed by atoms with E-state index in [-0.39, 0.29) is 17.3 Å². The largest absolute Gasteiger partial charge is 0.378 e. The van der Waals surface area contributed by atoms with Crippen LogP contribution in [0.15, 0.2) is 67.6 Å². The van der Waals surface area contributed by atoms with Crippen LogP contribution in [-0.4, -0.2) is 46.8 Å². The Morgan fingerprint density at radius 3 is 2.74 bits per heavy atom. The number of benzene rings is 2. The molecule has 0 aliphatic carbocycles. The lowest BCUT2D eigenvalue weighted by Gasteiger charge is -2.29. The number of halogens is 2. The number of carbonyl (C=O) groups excluding carboxylic acids is 1. The third-order valence-corrected chi connectivity index (χ3v) is 5.72. The quantitative estimate of drug-likeness (QED) is 0.402. The van der Waals surface area contributed by atoms with E-state index in [2.05, 4.69) is 27.3 Å². The van der Waals surface area contributed by atoms with Gasteiger partial charge >= 0.3 is 0 Å². The summed E-state index contributed by atoms with van der Waals surface area (Å²) in [6, 6.07) is 12.0. The Bertz CT molecular complexity index is 1410. The number of aromatic nitrogens is 3. The van der Waals surface area contributed by atoms with Gasteiger partial charge in [0.2, 0.25) is 5.91 Å². The number of carbonyl (C=O) groups is 1. The zero-order chi connectivity index (χ0) is 24.4. The standard InChI is InChI=1S/C25H22F2N6O2/c1-2-23(34)30-17-5-3-4-16(12-17)18-14-29-33-15-28-22(13-21(18)33)31-19-6-7-20(25(27)24(19)26)32-8-10-35-11-9-32/h2-7,12-15,31H,1,8-11H2,(H,30,34). The van der Waals surface area contributed by atoms with Crippen molar-refractivity contribution in [1.82, 2.24) is 14.6 Å². The summed E-state index contributed by atoms with van der Waals surface area (Å²) in [5.74, 6) is -1.88. The van der Waals surface area contributed by atoms with Gasteiger partial charge in [-0.05, 0) is 35.9 Å². The molecule has 2 aromatic carbocycles. The molecule has 2 aromatic heterocycles. The highest BCUT2D eigenvalue weighted by Gasteiger charge is 2.20. The molecule has 10 heteroatoms. The van der Waals surface area contributed by atoms with E-state index in [0.717, 1.165) is 11.1 Å². The summed E-state index contributed by atoms with van der Waals surface area (Å²) < 4.78 is 36.6. The van der Waals surface area contributed by atoms with Crippen molar-refractivity contribution in [1.29, 1.82) is 0 Å². The van der Waals surface area contributed by atoms with Crippen LogP contribution in [0.4, 0.5) is 31.7 Å². The molecule has 4 aromatic rings.